The summed E-state index contributed by atoms with van der Waals surface area (Å²) in [7, 11) is 0. The molecule has 94 valence electrons. The molecule has 0 N–H and O–H groups in total. The van der Waals surface area contributed by atoms with E-state index in [0.717, 1.165) is 24.3 Å². The lowest BCUT2D eigenvalue weighted by Crippen LogP contribution is -1.98. The highest BCUT2D eigenvalue weighted by atomic mass is 16.5. The minimum absolute atomic E-state index is 0.625. The monoisotopic (exact) mass is 242 g/mol. The Balaban J connectivity index is 2.07. The number of benzene rings is 1. The first-order valence-corrected chi connectivity index (χ1v) is 6.43. The van der Waals surface area contributed by atoms with E-state index in [1.165, 1.54) is 12.8 Å². The molecule has 0 aliphatic rings. The predicted molar refractivity (Wildman–Crippen MR) is 71.8 cm³/mol. The smallest absolute Gasteiger partial charge is 0.241 e. The van der Waals surface area contributed by atoms with Crippen molar-refractivity contribution in [1.82, 2.24) is 9.97 Å². The fraction of sp³-hybridized carbons (Fsp3) is 0.333. The van der Waals surface area contributed by atoms with E-state index in [9.17, 15) is 0 Å². The highest BCUT2D eigenvalue weighted by molar-refractivity contribution is 5.28. The minimum Gasteiger partial charge on any atom is -0.437 e. The molecule has 0 aliphatic heterocycles. The molecule has 1 aromatic heterocycles. The van der Waals surface area contributed by atoms with Crippen molar-refractivity contribution >= 4 is 0 Å². The number of unbranched alkanes of at least 4 members (excludes halogenated alkanes) is 2. The molecule has 18 heavy (non-hydrogen) atoms. The van der Waals surface area contributed by atoms with E-state index in [1.54, 1.807) is 12.4 Å². The second-order valence-corrected chi connectivity index (χ2v) is 4.18. The Morgan fingerprint density at radius 2 is 1.78 bits per heavy atom. The van der Waals surface area contributed by atoms with Gasteiger partial charge in [-0.2, -0.15) is 0 Å². The number of nitrogens with zero attached hydrogens (tertiary/aromatic N) is 2. The molecule has 0 aliphatic carbocycles. The van der Waals surface area contributed by atoms with Gasteiger partial charge in [-0.15, -0.1) is 0 Å². The van der Waals surface area contributed by atoms with E-state index in [4.69, 9.17) is 4.74 Å². The van der Waals surface area contributed by atoms with Crippen LogP contribution >= 0.6 is 0 Å². The molecule has 2 rings (SSSR count). The first kappa shape index (κ1) is 12.6. The third kappa shape index (κ3) is 3.55. The SMILES string of the molecule is CCCCCc1nccnc1Oc1ccccc1. The summed E-state index contributed by atoms with van der Waals surface area (Å²) in [6.45, 7) is 2.19. The Morgan fingerprint density at radius 1 is 1.00 bits per heavy atom. The number of hydrogen-bond donors (Lipinski definition) is 0. The Labute approximate surface area is 108 Å². The van der Waals surface area contributed by atoms with Crippen LogP contribution in [0.5, 0.6) is 11.6 Å². The number of para-hydroxylation sites is 1. The molecule has 0 atom stereocenters. The summed E-state index contributed by atoms with van der Waals surface area (Å²) in [4.78, 5) is 8.63. The summed E-state index contributed by atoms with van der Waals surface area (Å²) in [5.74, 6) is 1.43. The van der Waals surface area contributed by atoms with Crippen LogP contribution in [0.3, 0.4) is 0 Å². The molecular weight excluding hydrogens is 224 g/mol. The second-order valence-electron chi connectivity index (χ2n) is 4.18. The molecule has 1 aromatic carbocycles. The van der Waals surface area contributed by atoms with Gasteiger partial charge in [-0.25, -0.2) is 4.98 Å². The van der Waals surface area contributed by atoms with E-state index in [1.807, 2.05) is 30.3 Å². The molecule has 0 saturated heterocycles. The van der Waals surface area contributed by atoms with E-state index < -0.39 is 0 Å². The Bertz CT molecular complexity index is 471. The van der Waals surface area contributed by atoms with Crippen molar-refractivity contribution in [1.29, 1.82) is 0 Å². The van der Waals surface area contributed by atoms with Crippen molar-refractivity contribution in [3.63, 3.8) is 0 Å². The lowest BCUT2D eigenvalue weighted by molar-refractivity contribution is 0.450. The molecule has 0 spiro atoms. The largest absolute Gasteiger partial charge is 0.437 e. The number of aryl methyl sites for hydroxylation is 1. The summed E-state index contributed by atoms with van der Waals surface area (Å²) < 4.78 is 5.77. The van der Waals surface area contributed by atoms with E-state index in [-0.39, 0.29) is 0 Å². The van der Waals surface area contributed by atoms with Crippen LogP contribution in [0.25, 0.3) is 0 Å². The number of rotatable bonds is 6. The Morgan fingerprint density at radius 3 is 2.56 bits per heavy atom. The van der Waals surface area contributed by atoms with E-state index in [2.05, 4.69) is 16.9 Å². The summed E-state index contributed by atoms with van der Waals surface area (Å²) in [5, 5.41) is 0. The summed E-state index contributed by atoms with van der Waals surface area (Å²) in [6.07, 6.45) is 7.85. The maximum Gasteiger partial charge on any atom is 0.241 e. The van der Waals surface area contributed by atoms with Crippen LogP contribution < -0.4 is 4.74 Å². The molecule has 0 radical (unpaired) electrons. The van der Waals surface area contributed by atoms with Gasteiger partial charge < -0.3 is 4.74 Å². The van der Waals surface area contributed by atoms with Crippen LogP contribution in [0, 0.1) is 0 Å². The Kier molecular flexibility index (Phi) is 4.70. The van der Waals surface area contributed by atoms with Crippen LogP contribution in [-0.2, 0) is 6.42 Å². The normalized spacial score (nSPS) is 10.3. The van der Waals surface area contributed by atoms with Gasteiger partial charge >= 0.3 is 0 Å². The van der Waals surface area contributed by atoms with Crippen LogP contribution in [0.1, 0.15) is 31.9 Å². The van der Waals surface area contributed by atoms with Crippen molar-refractivity contribution in [3.05, 3.63) is 48.4 Å². The van der Waals surface area contributed by atoms with Gasteiger partial charge in [0, 0.05) is 12.4 Å². The van der Waals surface area contributed by atoms with Crippen molar-refractivity contribution < 1.29 is 4.74 Å². The third-order valence-electron chi connectivity index (χ3n) is 2.71. The lowest BCUT2D eigenvalue weighted by atomic mass is 10.1. The zero-order valence-corrected chi connectivity index (χ0v) is 10.7. The molecule has 0 bridgehead atoms. The zero-order valence-electron chi connectivity index (χ0n) is 10.7. The topological polar surface area (TPSA) is 35.0 Å². The molecule has 1 heterocycles. The summed E-state index contributed by atoms with van der Waals surface area (Å²) in [5.41, 5.74) is 0.940. The number of aromatic nitrogens is 2. The molecule has 3 heteroatoms. The quantitative estimate of drug-likeness (QED) is 0.718. The average molecular weight is 242 g/mol. The van der Waals surface area contributed by atoms with Gasteiger partial charge in [0.2, 0.25) is 5.88 Å². The summed E-state index contributed by atoms with van der Waals surface area (Å²) >= 11 is 0. The van der Waals surface area contributed by atoms with E-state index >= 15 is 0 Å². The van der Waals surface area contributed by atoms with Gasteiger partial charge in [-0.05, 0) is 25.0 Å². The van der Waals surface area contributed by atoms with Crippen molar-refractivity contribution in [3.8, 4) is 11.6 Å². The van der Waals surface area contributed by atoms with Gasteiger partial charge in [0.15, 0.2) is 0 Å². The van der Waals surface area contributed by atoms with Gasteiger partial charge in [0.25, 0.3) is 0 Å². The van der Waals surface area contributed by atoms with E-state index in [0.29, 0.717) is 5.88 Å². The second kappa shape index (κ2) is 6.74. The van der Waals surface area contributed by atoms with Crippen LogP contribution in [0.15, 0.2) is 42.7 Å². The van der Waals surface area contributed by atoms with Gasteiger partial charge in [0.05, 0.1) is 0 Å². The zero-order chi connectivity index (χ0) is 12.6. The molecule has 0 unspecified atom stereocenters. The number of ether oxygens (including phenoxy) is 1. The third-order valence-corrected chi connectivity index (χ3v) is 2.71. The van der Waals surface area contributed by atoms with Crippen LogP contribution in [0.4, 0.5) is 0 Å². The predicted octanol–water partition coefficient (Wildman–Crippen LogP) is 4.00. The standard InChI is InChI=1S/C15H18N2O/c1-2-3-5-10-14-15(17-12-11-16-14)18-13-8-6-4-7-9-13/h4,6-9,11-12H,2-3,5,10H2,1H3. The number of hydrogen-bond acceptors (Lipinski definition) is 3. The lowest BCUT2D eigenvalue weighted by Gasteiger charge is -2.08. The van der Waals surface area contributed by atoms with Crippen LogP contribution in [0.2, 0.25) is 0 Å². The molecule has 2 aromatic rings. The van der Waals surface area contributed by atoms with Gasteiger partial charge in [0.1, 0.15) is 11.4 Å². The fourth-order valence-electron chi connectivity index (χ4n) is 1.75. The highest BCUT2D eigenvalue weighted by Crippen LogP contribution is 2.22. The fourth-order valence-corrected chi connectivity index (χ4v) is 1.75. The van der Waals surface area contributed by atoms with Crippen molar-refractivity contribution in [2.45, 2.75) is 32.6 Å². The molecule has 0 fully saturated rings. The first-order chi connectivity index (χ1) is 8.90. The van der Waals surface area contributed by atoms with Gasteiger partial charge in [-0.3, -0.25) is 4.98 Å². The van der Waals surface area contributed by atoms with Gasteiger partial charge in [-0.1, -0.05) is 38.0 Å². The highest BCUT2D eigenvalue weighted by Gasteiger charge is 2.06. The maximum atomic E-state index is 5.77. The average Bonchev–Trinajstić information content (AvgIpc) is 2.42. The Hall–Kier alpha value is -1.90. The first-order valence-electron chi connectivity index (χ1n) is 6.43. The molecule has 0 saturated carbocycles. The summed E-state index contributed by atoms with van der Waals surface area (Å²) in [6, 6.07) is 9.70. The molecular formula is C15H18N2O. The maximum absolute atomic E-state index is 5.77. The van der Waals surface area contributed by atoms with Crippen LogP contribution in [-0.4, -0.2) is 9.97 Å². The minimum atomic E-state index is 0.625. The van der Waals surface area contributed by atoms with Crippen molar-refractivity contribution in [2.75, 3.05) is 0 Å². The molecule has 0 amide bonds. The molecule has 3 nitrogen and oxygen atoms in total. The van der Waals surface area contributed by atoms with Crippen molar-refractivity contribution in [2.24, 2.45) is 0 Å².